The molecule has 192 valence electrons. The summed E-state index contributed by atoms with van der Waals surface area (Å²) in [7, 11) is -2.14. The molecule has 0 N–H and O–H groups in total. The Morgan fingerprint density at radius 3 is 1.89 bits per heavy atom. The Kier molecular flexibility index (Phi) is 8.79. The van der Waals surface area contributed by atoms with Gasteiger partial charge in [-0.15, -0.1) is 0 Å². The quantitative estimate of drug-likeness (QED) is 0.311. The van der Waals surface area contributed by atoms with Gasteiger partial charge in [-0.3, -0.25) is 0 Å². The minimum absolute atomic E-state index is 0.173. The van der Waals surface area contributed by atoms with Crippen LogP contribution in [0.4, 0.5) is 0 Å². The monoisotopic (exact) mass is 494 g/mol. The van der Waals surface area contributed by atoms with Crippen molar-refractivity contribution in [2.75, 3.05) is 0 Å². The van der Waals surface area contributed by atoms with E-state index >= 15 is 0 Å². The SMILES string of the molecule is CC1(C)OB(CC(CC(CCc2ccccc2)O[Si](C)(C)C(C)(C)C)c2ccccc2)OC1(C)C. The first-order chi connectivity index (χ1) is 16.2. The molecule has 1 heterocycles. The van der Waals surface area contributed by atoms with E-state index < -0.39 is 8.32 Å². The molecule has 3 rings (SSSR count). The van der Waals surface area contributed by atoms with Gasteiger partial charge in [-0.1, -0.05) is 81.4 Å². The highest BCUT2D eigenvalue weighted by Crippen LogP contribution is 2.42. The predicted octanol–water partition coefficient (Wildman–Crippen LogP) is 8.28. The maximum Gasteiger partial charge on any atom is 0.458 e. The standard InChI is InChI=1S/C30H47BO3Si/c1-28(2,3)35(8,9)32-27(21-20-24-16-12-10-13-17-24)22-26(25-18-14-11-15-19-25)23-31-33-29(4,5)30(6,7)34-31/h10-19,26-27H,20-23H2,1-9H3. The molecule has 0 radical (unpaired) electrons. The summed E-state index contributed by atoms with van der Waals surface area (Å²) in [5, 5.41) is 0.173. The second-order valence-corrected chi connectivity index (χ2v) is 17.5. The Morgan fingerprint density at radius 2 is 1.37 bits per heavy atom. The van der Waals surface area contributed by atoms with Gasteiger partial charge in [0, 0.05) is 6.10 Å². The third-order valence-electron chi connectivity index (χ3n) is 8.46. The van der Waals surface area contributed by atoms with Gasteiger partial charge in [0.15, 0.2) is 8.32 Å². The second kappa shape index (κ2) is 10.9. The van der Waals surface area contributed by atoms with Gasteiger partial charge in [0.1, 0.15) is 0 Å². The molecule has 2 aromatic carbocycles. The second-order valence-electron chi connectivity index (χ2n) is 12.8. The zero-order chi connectivity index (χ0) is 25.9. The van der Waals surface area contributed by atoms with Crippen LogP contribution in [-0.4, -0.2) is 32.7 Å². The Labute approximate surface area is 216 Å². The Bertz CT molecular complexity index is 906. The fourth-order valence-corrected chi connectivity index (χ4v) is 5.90. The summed E-state index contributed by atoms with van der Waals surface area (Å²) in [6.07, 6.45) is 4.03. The first-order valence-corrected chi connectivity index (χ1v) is 16.2. The lowest BCUT2D eigenvalue weighted by atomic mass is 9.72. The molecule has 2 aromatic rings. The van der Waals surface area contributed by atoms with Crippen LogP contribution in [-0.2, 0) is 20.2 Å². The lowest BCUT2D eigenvalue weighted by Crippen LogP contribution is -2.44. The van der Waals surface area contributed by atoms with E-state index in [1.807, 2.05) is 0 Å². The van der Waals surface area contributed by atoms with Gasteiger partial charge in [0.2, 0.25) is 0 Å². The topological polar surface area (TPSA) is 27.7 Å². The van der Waals surface area contributed by atoms with Crippen molar-refractivity contribution in [1.29, 1.82) is 0 Å². The number of benzene rings is 2. The van der Waals surface area contributed by atoms with E-state index in [4.69, 9.17) is 13.7 Å². The normalized spacial score (nSPS) is 19.5. The average molecular weight is 495 g/mol. The Balaban J connectivity index is 1.83. The molecule has 35 heavy (non-hydrogen) atoms. The van der Waals surface area contributed by atoms with Crippen molar-refractivity contribution in [2.45, 2.75) is 115 Å². The predicted molar refractivity (Wildman–Crippen MR) is 152 cm³/mol. The van der Waals surface area contributed by atoms with E-state index in [9.17, 15) is 0 Å². The molecule has 5 heteroatoms. The fourth-order valence-electron chi connectivity index (χ4n) is 4.50. The van der Waals surface area contributed by atoms with Crippen LogP contribution in [0.5, 0.6) is 0 Å². The average Bonchev–Trinajstić information content (AvgIpc) is 2.97. The highest BCUT2D eigenvalue weighted by molar-refractivity contribution is 6.74. The number of hydrogen-bond acceptors (Lipinski definition) is 3. The van der Waals surface area contributed by atoms with Crippen molar-refractivity contribution in [3.05, 3.63) is 71.8 Å². The van der Waals surface area contributed by atoms with Crippen molar-refractivity contribution < 1.29 is 13.7 Å². The number of hydrogen-bond donors (Lipinski definition) is 0. The van der Waals surface area contributed by atoms with Crippen LogP contribution in [0.15, 0.2) is 60.7 Å². The van der Waals surface area contributed by atoms with Gasteiger partial charge in [-0.2, -0.15) is 0 Å². The minimum Gasteiger partial charge on any atom is -0.414 e. The van der Waals surface area contributed by atoms with Crippen molar-refractivity contribution in [2.24, 2.45) is 0 Å². The highest BCUT2D eigenvalue weighted by atomic mass is 28.4. The van der Waals surface area contributed by atoms with E-state index in [0.717, 1.165) is 25.6 Å². The van der Waals surface area contributed by atoms with Gasteiger partial charge in [0.25, 0.3) is 0 Å². The van der Waals surface area contributed by atoms with Crippen LogP contribution in [0.1, 0.15) is 78.4 Å². The largest absolute Gasteiger partial charge is 0.458 e. The van der Waals surface area contributed by atoms with E-state index in [0.29, 0.717) is 5.92 Å². The molecule has 0 bridgehead atoms. The summed E-state index contributed by atoms with van der Waals surface area (Å²) in [4.78, 5) is 0. The molecule has 0 spiro atoms. The molecule has 3 nitrogen and oxygen atoms in total. The molecule has 2 atom stereocenters. The summed E-state index contributed by atoms with van der Waals surface area (Å²) >= 11 is 0. The van der Waals surface area contributed by atoms with Crippen LogP contribution >= 0.6 is 0 Å². The summed E-state index contributed by atoms with van der Waals surface area (Å²) < 4.78 is 19.9. The molecular weight excluding hydrogens is 447 g/mol. The molecule has 1 saturated heterocycles. The lowest BCUT2D eigenvalue weighted by molar-refractivity contribution is 0.00578. The minimum atomic E-state index is -1.93. The van der Waals surface area contributed by atoms with Gasteiger partial charge >= 0.3 is 7.12 Å². The number of aryl methyl sites for hydroxylation is 1. The van der Waals surface area contributed by atoms with Crippen molar-refractivity contribution >= 4 is 15.4 Å². The Hall–Kier alpha value is -1.40. The van der Waals surface area contributed by atoms with Crippen LogP contribution < -0.4 is 0 Å². The summed E-state index contributed by atoms with van der Waals surface area (Å²) in [5.74, 6) is 0.302. The van der Waals surface area contributed by atoms with Crippen LogP contribution in [0.25, 0.3) is 0 Å². The molecule has 2 unspecified atom stereocenters. The molecule has 1 fully saturated rings. The van der Waals surface area contributed by atoms with Crippen molar-refractivity contribution in [3.8, 4) is 0 Å². The van der Waals surface area contributed by atoms with Crippen molar-refractivity contribution in [1.82, 2.24) is 0 Å². The molecule has 0 aliphatic carbocycles. The highest BCUT2D eigenvalue weighted by Gasteiger charge is 2.51. The maximum atomic E-state index is 7.08. The Morgan fingerprint density at radius 1 is 0.857 bits per heavy atom. The fraction of sp³-hybridized carbons (Fsp3) is 0.600. The van der Waals surface area contributed by atoms with Crippen LogP contribution in [0, 0.1) is 0 Å². The molecular formula is C30H47BO3Si. The molecule has 0 aromatic heterocycles. The maximum absolute atomic E-state index is 7.08. The third kappa shape index (κ3) is 7.32. The molecule has 1 aliphatic heterocycles. The van der Waals surface area contributed by atoms with Gasteiger partial charge in [-0.05, 0) is 88.5 Å². The van der Waals surface area contributed by atoms with E-state index in [-0.39, 0.29) is 29.5 Å². The van der Waals surface area contributed by atoms with Crippen LogP contribution in [0.3, 0.4) is 0 Å². The van der Waals surface area contributed by atoms with Crippen molar-refractivity contribution in [3.63, 3.8) is 0 Å². The molecule has 0 amide bonds. The third-order valence-corrected chi connectivity index (χ3v) is 13.0. The zero-order valence-corrected chi connectivity index (χ0v) is 24.6. The smallest absolute Gasteiger partial charge is 0.414 e. The first-order valence-electron chi connectivity index (χ1n) is 13.3. The summed E-state index contributed by atoms with van der Waals surface area (Å²) in [6, 6.07) is 21.7. The van der Waals surface area contributed by atoms with Gasteiger partial charge in [-0.25, -0.2) is 0 Å². The summed E-state index contributed by atoms with van der Waals surface area (Å²) in [6.45, 7) is 20.2. The van der Waals surface area contributed by atoms with Gasteiger partial charge < -0.3 is 13.7 Å². The van der Waals surface area contributed by atoms with Gasteiger partial charge in [0.05, 0.1) is 11.2 Å². The number of rotatable bonds is 10. The van der Waals surface area contributed by atoms with Crippen LogP contribution in [0.2, 0.25) is 24.5 Å². The zero-order valence-electron chi connectivity index (χ0n) is 23.6. The lowest BCUT2D eigenvalue weighted by Gasteiger charge is -2.40. The first kappa shape index (κ1) is 28.2. The summed E-state index contributed by atoms with van der Waals surface area (Å²) in [5.41, 5.74) is 2.08. The van der Waals surface area contributed by atoms with E-state index in [1.54, 1.807) is 0 Å². The molecule has 1 aliphatic rings. The van der Waals surface area contributed by atoms with E-state index in [2.05, 4.69) is 122 Å². The molecule has 0 saturated carbocycles. The van der Waals surface area contributed by atoms with E-state index in [1.165, 1.54) is 11.1 Å².